The number of fused-ring (bicyclic) bond motifs is 2. The Hall–Kier alpha value is -3.71. The Bertz CT molecular complexity index is 1330. The van der Waals surface area contributed by atoms with Crippen LogP contribution in [0.2, 0.25) is 0 Å². The zero-order chi connectivity index (χ0) is 23.9. The second kappa shape index (κ2) is 8.82. The highest BCUT2D eigenvalue weighted by Crippen LogP contribution is 2.40. The van der Waals surface area contributed by atoms with Crippen LogP contribution in [0, 0.1) is 6.92 Å². The molecule has 2 aromatic heterocycles. The summed E-state index contributed by atoms with van der Waals surface area (Å²) in [5.74, 6) is -0.0435. The van der Waals surface area contributed by atoms with Crippen molar-refractivity contribution in [2.24, 2.45) is 0 Å². The van der Waals surface area contributed by atoms with Gasteiger partial charge in [-0.05, 0) is 62.2 Å². The Balaban J connectivity index is 1.33. The first-order valence-corrected chi connectivity index (χ1v) is 12.4. The molecule has 7 nitrogen and oxygen atoms in total. The lowest BCUT2D eigenvalue weighted by atomic mass is 9.95. The van der Waals surface area contributed by atoms with Crippen LogP contribution in [-0.4, -0.2) is 64.3 Å². The van der Waals surface area contributed by atoms with Gasteiger partial charge in [-0.1, -0.05) is 18.2 Å². The molecule has 0 unspecified atom stereocenters. The number of amides is 2. The van der Waals surface area contributed by atoms with Crippen molar-refractivity contribution in [3.05, 3.63) is 70.8 Å². The van der Waals surface area contributed by atoms with Crippen LogP contribution < -0.4 is 5.32 Å². The molecule has 2 N–H and O–H groups in total. The minimum atomic E-state index is -0.137. The number of aromatic nitrogens is 2. The van der Waals surface area contributed by atoms with Crippen molar-refractivity contribution in [3.63, 3.8) is 0 Å². The molecule has 0 atom stereocenters. The summed E-state index contributed by atoms with van der Waals surface area (Å²) in [5.41, 5.74) is 7.64. The number of pyridine rings is 1. The van der Waals surface area contributed by atoms with E-state index in [9.17, 15) is 9.59 Å². The monoisotopic (exact) mass is 467 g/mol. The first-order chi connectivity index (χ1) is 17.1. The zero-order valence-electron chi connectivity index (χ0n) is 19.9. The summed E-state index contributed by atoms with van der Waals surface area (Å²) in [7, 11) is 0. The fourth-order valence-corrected chi connectivity index (χ4v) is 5.58. The summed E-state index contributed by atoms with van der Waals surface area (Å²) < 4.78 is 0. The number of anilines is 1. The molecule has 0 spiro atoms. The van der Waals surface area contributed by atoms with Crippen molar-refractivity contribution in [3.8, 4) is 11.1 Å². The molecule has 0 radical (unpaired) electrons. The van der Waals surface area contributed by atoms with Crippen LogP contribution in [0.3, 0.4) is 0 Å². The Kier molecular flexibility index (Phi) is 5.49. The number of hydrogen-bond donors (Lipinski definition) is 2. The van der Waals surface area contributed by atoms with Gasteiger partial charge in [0.15, 0.2) is 0 Å². The normalized spacial score (nSPS) is 18.8. The maximum absolute atomic E-state index is 13.4. The summed E-state index contributed by atoms with van der Waals surface area (Å²) in [6.45, 7) is 6.69. The van der Waals surface area contributed by atoms with Gasteiger partial charge < -0.3 is 20.1 Å². The maximum atomic E-state index is 13.4. The zero-order valence-corrected chi connectivity index (χ0v) is 19.9. The summed E-state index contributed by atoms with van der Waals surface area (Å²) in [4.78, 5) is 38.5. The molecule has 7 heteroatoms. The third-order valence-corrected chi connectivity index (χ3v) is 7.47. The van der Waals surface area contributed by atoms with E-state index in [1.807, 2.05) is 54.4 Å². The fraction of sp³-hybridized carbons (Fsp3) is 0.321. The van der Waals surface area contributed by atoms with E-state index in [2.05, 4.69) is 20.2 Å². The van der Waals surface area contributed by atoms with Crippen molar-refractivity contribution >= 4 is 29.2 Å². The van der Waals surface area contributed by atoms with Crippen LogP contribution in [0.1, 0.15) is 45.7 Å². The summed E-state index contributed by atoms with van der Waals surface area (Å²) in [5, 5.41) is 3.00. The molecule has 0 saturated carbocycles. The number of H-pyrrole nitrogens is 1. The number of carbonyl (C=O) groups is 2. The van der Waals surface area contributed by atoms with E-state index < -0.39 is 0 Å². The SMILES string of the molecule is Cc1c(/C=C2\C(=O)Nc3cccc(-c4cccnc4)c32)[nH]c2c1C(=O)N(CCN1CCCC1)CC2. The third-order valence-electron chi connectivity index (χ3n) is 7.47. The van der Waals surface area contributed by atoms with Crippen molar-refractivity contribution in [1.82, 2.24) is 19.8 Å². The van der Waals surface area contributed by atoms with Crippen LogP contribution in [0.15, 0.2) is 42.7 Å². The minimum absolute atomic E-state index is 0.0937. The molecule has 3 aromatic rings. The molecule has 0 bridgehead atoms. The molecule has 5 heterocycles. The Morgan fingerprint density at radius 2 is 1.89 bits per heavy atom. The van der Waals surface area contributed by atoms with Crippen LogP contribution in [0.5, 0.6) is 0 Å². The van der Waals surface area contributed by atoms with Crippen molar-refractivity contribution in [2.45, 2.75) is 26.2 Å². The molecule has 35 heavy (non-hydrogen) atoms. The van der Waals surface area contributed by atoms with Gasteiger partial charge in [-0.25, -0.2) is 0 Å². The number of nitrogens with zero attached hydrogens (tertiary/aromatic N) is 3. The number of carbonyl (C=O) groups excluding carboxylic acids is 2. The van der Waals surface area contributed by atoms with Crippen molar-refractivity contribution in [1.29, 1.82) is 0 Å². The van der Waals surface area contributed by atoms with E-state index in [1.165, 1.54) is 12.8 Å². The lowest BCUT2D eigenvalue weighted by Crippen LogP contribution is -2.42. The second-order valence-corrected chi connectivity index (χ2v) is 9.59. The largest absolute Gasteiger partial charge is 0.358 e. The molecular formula is C28H29N5O2. The predicted octanol–water partition coefficient (Wildman–Crippen LogP) is 3.97. The highest BCUT2D eigenvalue weighted by atomic mass is 16.2. The highest BCUT2D eigenvalue weighted by Gasteiger charge is 2.31. The molecule has 1 fully saturated rings. The summed E-state index contributed by atoms with van der Waals surface area (Å²) in [6, 6.07) is 9.77. The van der Waals surface area contributed by atoms with Gasteiger partial charge in [0.2, 0.25) is 0 Å². The van der Waals surface area contributed by atoms with Gasteiger partial charge in [0, 0.05) is 66.7 Å². The van der Waals surface area contributed by atoms with Crippen LogP contribution in [0.4, 0.5) is 5.69 Å². The average Bonchev–Trinajstić information content (AvgIpc) is 3.58. The predicted molar refractivity (Wildman–Crippen MR) is 137 cm³/mol. The van der Waals surface area contributed by atoms with E-state index in [-0.39, 0.29) is 11.8 Å². The average molecular weight is 468 g/mol. The van der Waals surface area contributed by atoms with Crippen LogP contribution in [-0.2, 0) is 11.2 Å². The maximum Gasteiger partial charge on any atom is 0.256 e. The minimum Gasteiger partial charge on any atom is -0.358 e. The molecule has 1 aromatic carbocycles. The lowest BCUT2D eigenvalue weighted by molar-refractivity contribution is -0.110. The first-order valence-electron chi connectivity index (χ1n) is 12.4. The van der Waals surface area contributed by atoms with Gasteiger partial charge in [0.05, 0.1) is 11.1 Å². The molecule has 3 aliphatic rings. The number of likely N-dealkylation sites (tertiary alicyclic amines) is 1. The van der Waals surface area contributed by atoms with Crippen molar-refractivity contribution in [2.75, 3.05) is 38.0 Å². The third kappa shape index (κ3) is 3.86. The van der Waals surface area contributed by atoms with E-state index in [1.54, 1.807) is 6.20 Å². The lowest BCUT2D eigenvalue weighted by Gasteiger charge is -2.29. The van der Waals surface area contributed by atoms with Gasteiger partial charge in [-0.3, -0.25) is 14.6 Å². The molecule has 2 amide bonds. The molecule has 3 aliphatic heterocycles. The number of nitrogens with one attached hydrogen (secondary N) is 2. The van der Waals surface area contributed by atoms with Gasteiger partial charge in [-0.2, -0.15) is 0 Å². The van der Waals surface area contributed by atoms with Gasteiger partial charge >= 0.3 is 0 Å². The Labute approximate surface area is 204 Å². The quantitative estimate of drug-likeness (QED) is 0.557. The number of hydrogen-bond acceptors (Lipinski definition) is 4. The first kappa shape index (κ1) is 21.8. The topological polar surface area (TPSA) is 81.3 Å². The Morgan fingerprint density at radius 1 is 1.03 bits per heavy atom. The second-order valence-electron chi connectivity index (χ2n) is 9.59. The molecule has 6 rings (SSSR count). The van der Waals surface area contributed by atoms with Gasteiger partial charge in [-0.15, -0.1) is 0 Å². The molecule has 1 saturated heterocycles. The standard InChI is InChI=1S/C28H29N5O2/c1-18-24(30-23-9-13-33(28(35)25(18)23)15-14-32-11-2-3-12-32)16-21-26-20(19-6-5-10-29-17-19)7-4-8-22(26)31-27(21)34/h4-8,10,16-17,30H,2-3,9,11-15H2,1H3,(H,31,34)/b21-16-. The van der Waals surface area contributed by atoms with Crippen LogP contribution >= 0.6 is 0 Å². The van der Waals surface area contributed by atoms with E-state index in [0.29, 0.717) is 5.57 Å². The van der Waals surface area contributed by atoms with Crippen LogP contribution in [0.25, 0.3) is 22.8 Å². The van der Waals surface area contributed by atoms with Crippen molar-refractivity contribution < 1.29 is 9.59 Å². The fourth-order valence-electron chi connectivity index (χ4n) is 5.58. The van der Waals surface area contributed by atoms with Gasteiger partial charge in [0.25, 0.3) is 11.8 Å². The summed E-state index contributed by atoms with van der Waals surface area (Å²) in [6.07, 6.45) is 8.76. The molecular weight excluding hydrogens is 438 g/mol. The van der Waals surface area contributed by atoms with E-state index >= 15 is 0 Å². The van der Waals surface area contributed by atoms with Gasteiger partial charge in [0.1, 0.15) is 0 Å². The summed E-state index contributed by atoms with van der Waals surface area (Å²) >= 11 is 0. The number of rotatable bonds is 5. The van der Waals surface area contributed by atoms with E-state index in [4.69, 9.17) is 0 Å². The van der Waals surface area contributed by atoms with E-state index in [0.717, 1.165) is 84.0 Å². The highest BCUT2D eigenvalue weighted by molar-refractivity contribution is 6.36. The smallest absolute Gasteiger partial charge is 0.256 e. The number of benzene rings is 1. The Morgan fingerprint density at radius 3 is 2.69 bits per heavy atom. The number of aromatic amines is 1. The molecule has 178 valence electrons. The molecule has 0 aliphatic carbocycles.